The van der Waals surface area contributed by atoms with Gasteiger partial charge in [-0.05, 0) is 30.9 Å². The molecule has 0 radical (unpaired) electrons. The number of carbonyl (C=O) groups excluding carboxylic acids is 1. The lowest BCUT2D eigenvalue weighted by Gasteiger charge is -2.28. The summed E-state index contributed by atoms with van der Waals surface area (Å²) < 4.78 is 0. The third-order valence-electron chi connectivity index (χ3n) is 4.78. The number of hydrogen-bond donors (Lipinski definition) is 2. The zero-order valence-corrected chi connectivity index (χ0v) is 14.0. The number of aromatic nitrogens is 2. The van der Waals surface area contributed by atoms with Crippen LogP contribution in [0.5, 0.6) is 0 Å². The standard InChI is InChI=1S/C19H21N5O/c20-18-22-16(10-9-13-5-2-1-3-6-13)15-11-24(12-17(15)23-18)19(25)21-14-7-4-8-14/h1-3,5-6,9-10,14H,4,7-8,11-12H2,(H,21,25)(H2,20,22,23). The number of hydrogen-bond acceptors (Lipinski definition) is 4. The maximum absolute atomic E-state index is 12.4. The van der Waals surface area contributed by atoms with E-state index in [1.165, 1.54) is 6.42 Å². The Labute approximate surface area is 146 Å². The van der Waals surface area contributed by atoms with Crippen LogP contribution in [0.4, 0.5) is 10.7 Å². The second-order valence-corrected chi connectivity index (χ2v) is 6.57. The Morgan fingerprint density at radius 1 is 1.16 bits per heavy atom. The van der Waals surface area contributed by atoms with Crippen molar-refractivity contribution in [1.29, 1.82) is 0 Å². The molecule has 3 N–H and O–H groups in total. The van der Waals surface area contributed by atoms with Crippen molar-refractivity contribution in [1.82, 2.24) is 20.2 Å². The summed E-state index contributed by atoms with van der Waals surface area (Å²) in [7, 11) is 0. The maximum atomic E-state index is 12.4. The van der Waals surface area contributed by atoms with Crippen LogP contribution >= 0.6 is 0 Å². The number of urea groups is 1. The second kappa shape index (κ2) is 6.55. The number of anilines is 1. The van der Waals surface area contributed by atoms with Crippen LogP contribution in [0.3, 0.4) is 0 Å². The summed E-state index contributed by atoms with van der Waals surface area (Å²) in [6, 6.07) is 10.3. The first-order valence-electron chi connectivity index (χ1n) is 8.63. The van der Waals surface area contributed by atoms with E-state index in [0.717, 1.165) is 35.4 Å². The molecule has 0 unspecified atom stereocenters. The lowest BCUT2D eigenvalue weighted by atomic mass is 9.93. The lowest BCUT2D eigenvalue weighted by molar-refractivity contribution is 0.186. The van der Waals surface area contributed by atoms with Gasteiger partial charge in [-0.1, -0.05) is 36.4 Å². The molecule has 4 rings (SSSR count). The predicted octanol–water partition coefficient (Wildman–Crippen LogP) is 2.81. The molecule has 0 atom stereocenters. The van der Waals surface area contributed by atoms with E-state index in [2.05, 4.69) is 15.3 Å². The molecular weight excluding hydrogens is 314 g/mol. The van der Waals surface area contributed by atoms with Gasteiger partial charge < -0.3 is 16.0 Å². The minimum absolute atomic E-state index is 0.0285. The van der Waals surface area contributed by atoms with E-state index < -0.39 is 0 Å². The fourth-order valence-electron chi connectivity index (χ4n) is 3.14. The number of rotatable bonds is 3. The molecule has 2 heterocycles. The van der Waals surface area contributed by atoms with Gasteiger partial charge in [-0.25, -0.2) is 14.8 Å². The van der Waals surface area contributed by atoms with Crippen molar-refractivity contribution in [2.45, 2.75) is 38.4 Å². The van der Waals surface area contributed by atoms with E-state index in [9.17, 15) is 4.79 Å². The Hall–Kier alpha value is -2.89. The van der Waals surface area contributed by atoms with Crippen molar-refractivity contribution in [3.63, 3.8) is 0 Å². The number of carbonyl (C=O) groups is 1. The van der Waals surface area contributed by atoms with Gasteiger partial charge in [-0.3, -0.25) is 0 Å². The fourth-order valence-corrected chi connectivity index (χ4v) is 3.14. The number of nitrogens with one attached hydrogen (secondary N) is 1. The third-order valence-corrected chi connectivity index (χ3v) is 4.78. The van der Waals surface area contributed by atoms with Gasteiger partial charge in [0, 0.05) is 11.6 Å². The van der Waals surface area contributed by atoms with Gasteiger partial charge in [-0.2, -0.15) is 0 Å². The highest BCUT2D eigenvalue weighted by molar-refractivity contribution is 5.76. The predicted molar refractivity (Wildman–Crippen MR) is 97.2 cm³/mol. The molecule has 1 aromatic heterocycles. The first-order chi connectivity index (χ1) is 12.2. The van der Waals surface area contributed by atoms with Gasteiger partial charge in [0.15, 0.2) is 0 Å². The minimum Gasteiger partial charge on any atom is -0.368 e. The van der Waals surface area contributed by atoms with E-state index in [0.29, 0.717) is 19.1 Å². The quantitative estimate of drug-likeness (QED) is 0.903. The first kappa shape index (κ1) is 15.6. The van der Waals surface area contributed by atoms with Crippen molar-refractivity contribution in [3.8, 4) is 0 Å². The number of benzene rings is 1. The van der Waals surface area contributed by atoms with Gasteiger partial charge in [0.25, 0.3) is 0 Å². The van der Waals surface area contributed by atoms with Gasteiger partial charge in [-0.15, -0.1) is 0 Å². The number of nitrogens with two attached hydrogens (primary N) is 1. The highest BCUT2D eigenvalue weighted by Crippen LogP contribution is 2.26. The molecule has 2 amide bonds. The molecule has 0 bridgehead atoms. The topological polar surface area (TPSA) is 84.1 Å². The average Bonchev–Trinajstić information content (AvgIpc) is 3.00. The van der Waals surface area contributed by atoms with Gasteiger partial charge in [0.1, 0.15) is 0 Å². The number of amides is 2. The fraction of sp³-hybridized carbons (Fsp3) is 0.316. The van der Waals surface area contributed by atoms with E-state index in [-0.39, 0.29) is 12.0 Å². The number of nitrogen functional groups attached to an aromatic ring is 1. The molecule has 1 fully saturated rings. The van der Waals surface area contributed by atoms with Crippen LogP contribution in [-0.2, 0) is 13.1 Å². The van der Waals surface area contributed by atoms with Gasteiger partial charge in [0.2, 0.25) is 5.95 Å². The van der Waals surface area contributed by atoms with Crippen LogP contribution in [-0.4, -0.2) is 26.9 Å². The first-order valence-corrected chi connectivity index (χ1v) is 8.63. The normalized spacial score (nSPS) is 16.7. The largest absolute Gasteiger partial charge is 0.368 e. The molecule has 25 heavy (non-hydrogen) atoms. The summed E-state index contributed by atoms with van der Waals surface area (Å²) in [5.74, 6) is 0.243. The Kier molecular flexibility index (Phi) is 4.09. The highest BCUT2D eigenvalue weighted by atomic mass is 16.2. The molecule has 1 saturated carbocycles. The summed E-state index contributed by atoms with van der Waals surface area (Å²) in [6.07, 6.45) is 7.29. The van der Waals surface area contributed by atoms with Crippen LogP contribution < -0.4 is 11.1 Å². The molecule has 0 saturated heterocycles. The van der Waals surface area contributed by atoms with Crippen molar-refractivity contribution >= 4 is 24.1 Å². The van der Waals surface area contributed by atoms with Crippen LogP contribution in [0.2, 0.25) is 0 Å². The third kappa shape index (κ3) is 3.33. The molecule has 2 aromatic rings. The van der Waals surface area contributed by atoms with Gasteiger partial charge >= 0.3 is 6.03 Å². The SMILES string of the molecule is Nc1nc(C=Cc2ccccc2)c2c(n1)CN(C(=O)NC1CCC1)C2. The minimum atomic E-state index is -0.0285. The van der Waals surface area contributed by atoms with E-state index >= 15 is 0 Å². The lowest BCUT2D eigenvalue weighted by Crippen LogP contribution is -2.45. The Bertz CT molecular complexity index is 814. The van der Waals surface area contributed by atoms with Crippen molar-refractivity contribution in [2.24, 2.45) is 0 Å². The molecule has 6 heteroatoms. The molecule has 1 aliphatic carbocycles. The number of fused-ring (bicyclic) bond motifs is 1. The molecule has 6 nitrogen and oxygen atoms in total. The van der Waals surface area contributed by atoms with Crippen LogP contribution in [0.15, 0.2) is 30.3 Å². The second-order valence-electron chi connectivity index (χ2n) is 6.57. The average molecular weight is 335 g/mol. The smallest absolute Gasteiger partial charge is 0.318 e. The van der Waals surface area contributed by atoms with Crippen LogP contribution in [0, 0.1) is 0 Å². The molecule has 128 valence electrons. The summed E-state index contributed by atoms with van der Waals surface area (Å²) in [6.45, 7) is 0.995. The van der Waals surface area contributed by atoms with Crippen molar-refractivity contribution < 1.29 is 4.79 Å². The van der Waals surface area contributed by atoms with E-state index in [4.69, 9.17) is 5.73 Å². The monoisotopic (exact) mass is 335 g/mol. The molecule has 1 aromatic carbocycles. The Balaban J connectivity index is 1.54. The summed E-state index contributed by atoms with van der Waals surface area (Å²) in [4.78, 5) is 22.9. The van der Waals surface area contributed by atoms with Gasteiger partial charge in [0.05, 0.1) is 24.5 Å². The summed E-state index contributed by atoms with van der Waals surface area (Å²) in [5.41, 5.74) is 9.54. The molecule has 1 aliphatic heterocycles. The van der Waals surface area contributed by atoms with Crippen LogP contribution in [0.1, 0.15) is 41.8 Å². The van der Waals surface area contributed by atoms with E-state index in [1.807, 2.05) is 42.5 Å². The van der Waals surface area contributed by atoms with Crippen molar-refractivity contribution in [3.05, 3.63) is 52.8 Å². The molecular formula is C19H21N5O. The van der Waals surface area contributed by atoms with E-state index in [1.54, 1.807) is 4.90 Å². The Morgan fingerprint density at radius 3 is 2.68 bits per heavy atom. The summed E-state index contributed by atoms with van der Waals surface area (Å²) in [5, 5.41) is 3.07. The number of nitrogens with zero attached hydrogens (tertiary/aromatic N) is 3. The summed E-state index contributed by atoms with van der Waals surface area (Å²) >= 11 is 0. The highest BCUT2D eigenvalue weighted by Gasteiger charge is 2.29. The maximum Gasteiger partial charge on any atom is 0.318 e. The van der Waals surface area contributed by atoms with Crippen LogP contribution in [0.25, 0.3) is 12.2 Å². The zero-order valence-electron chi connectivity index (χ0n) is 14.0. The van der Waals surface area contributed by atoms with Crippen molar-refractivity contribution in [2.75, 3.05) is 5.73 Å². The Morgan fingerprint density at radius 2 is 1.96 bits per heavy atom. The molecule has 0 spiro atoms. The molecule has 2 aliphatic rings. The zero-order chi connectivity index (χ0) is 17.2.